The second kappa shape index (κ2) is 8.78. The Hall–Kier alpha value is -4.01. The third-order valence-corrected chi connectivity index (χ3v) is 4.75. The molecule has 2 aromatic carbocycles. The maximum absolute atomic E-state index is 13.3. The van der Waals surface area contributed by atoms with E-state index in [1.807, 2.05) is 6.92 Å². The number of ether oxygens (including phenoxy) is 2. The molecule has 162 valence electrons. The number of carboxylic acid groups (broad SMARTS) is 1. The molecule has 31 heavy (non-hydrogen) atoms. The van der Waals surface area contributed by atoms with E-state index in [1.54, 1.807) is 12.1 Å². The molecule has 0 saturated heterocycles. The Morgan fingerprint density at radius 3 is 2.39 bits per heavy atom. The molecular weight excluding hydrogens is 404 g/mol. The summed E-state index contributed by atoms with van der Waals surface area (Å²) in [6.45, 7) is 2.20. The van der Waals surface area contributed by atoms with Gasteiger partial charge in [0.2, 0.25) is 5.91 Å². The monoisotopic (exact) mass is 426 g/mol. The van der Waals surface area contributed by atoms with E-state index in [4.69, 9.17) is 15.2 Å². The van der Waals surface area contributed by atoms with Crippen molar-refractivity contribution in [2.45, 2.75) is 19.4 Å². The Bertz CT molecular complexity index is 1200. The molecule has 0 radical (unpaired) electrons. The molecule has 0 fully saturated rings. The van der Waals surface area contributed by atoms with Crippen LogP contribution in [0.15, 0.2) is 47.3 Å². The number of rotatable bonds is 8. The van der Waals surface area contributed by atoms with Crippen LogP contribution in [0.25, 0.3) is 10.9 Å². The van der Waals surface area contributed by atoms with Crippen LogP contribution in [0.1, 0.15) is 35.3 Å². The molecule has 1 unspecified atom stereocenters. The Kier molecular flexibility index (Phi) is 6.15. The van der Waals surface area contributed by atoms with Crippen molar-refractivity contribution >= 4 is 22.8 Å². The predicted molar refractivity (Wildman–Crippen MR) is 113 cm³/mol. The largest absolute Gasteiger partial charge is 0.508 e. The van der Waals surface area contributed by atoms with Crippen LogP contribution in [-0.2, 0) is 4.79 Å². The molecule has 0 bridgehead atoms. The molecule has 4 N–H and O–H groups in total. The topological polar surface area (TPSA) is 141 Å². The Balaban J connectivity index is 2.49. The minimum absolute atomic E-state index is 0.0444. The lowest BCUT2D eigenvalue weighted by molar-refractivity contribution is -0.120. The summed E-state index contributed by atoms with van der Waals surface area (Å²) in [5, 5.41) is 19.5. The minimum atomic E-state index is -1.44. The first kappa shape index (κ1) is 21.7. The van der Waals surface area contributed by atoms with E-state index in [-0.39, 0.29) is 17.0 Å². The number of aromatic hydroxyl groups is 1. The lowest BCUT2D eigenvalue weighted by atomic mass is 10.0. The van der Waals surface area contributed by atoms with Crippen molar-refractivity contribution in [3.8, 4) is 17.2 Å². The van der Waals surface area contributed by atoms with Crippen LogP contribution >= 0.6 is 0 Å². The summed E-state index contributed by atoms with van der Waals surface area (Å²) in [6, 6.07) is 8.59. The standard InChI is InChI=1S/C22H22N2O7/c1-3-10-31-19-16(30-2)9-6-13-11-15(22(28)29)21(27)24(17(13)19)18(20(23)26)12-4-7-14(25)8-5-12/h4-9,11,18,25H,3,10H2,1-2H3,(H2,23,26)(H,28,29). The highest BCUT2D eigenvalue weighted by Crippen LogP contribution is 2.37. The van der Waals surface area contributed by atoms with E-state index in [0.29, 0.717) is 29.7 Å². The second-order valence-corrected chi connectivity index (χ2v) is 6.82. The quantitative estimate of drug-likeness (QED) is 0.502. The number of nitrogens with zero attached hydrogens (tertiary/aromatic N) is 1. The maximum atomic E-state index is 13.3. The summed E-state index contributed by atoms with van der Waals surface area (Å²) in [5.41, 5.74) is 4.69. The number of fused-ring (bicyclic) bond motifs is 1. The van der Waals surface area contributed by atoms with Crippen molar-refractivity contribution < 1.29 is 29.3 Å². The molecule has 3 aromatic rings. The number of methoxy groups -OCH3 is 1. The second-order valence-electron chi connectivity index (χ2n) is 6.82. The van der Waals surface area contributed by atoms with Crippen LogP contribution in [0.4, 0.5) is 0 Å². The summed E-state index contributed by atoms with van der Waals surface area (Å²) in [7, 11) is 1.43. The zero-order valence-corrected chi connectivity index (χ0v) is 17.0. The first-order valence-corrected chi connectivity index (χ1v) is 9.50. The van der Waals surface area contributed by atoms with Gasteiger partial charge in [-0.15, -0.1) is 0 Å². The molecule has 0 saturated carbocycles. The lowest BCUT2D eigenvalue weighted by Crippen LogP contribution is -2.37. The van der Waals surface area contributed by atoms with E-state index < -0.39 is 29.0 Å². The summed E-state index contributed by atoms with van der Waals surface area (Å²) in [5.74, 6) is -1.87. The maximum Gasteiger partial charge on any atom is 0.341 e. The highest BCUT2D eigenvalue weighted by Gasteiger charge is 2.29. The van der Waals surface area contributed by atoms with Crippen molar-refractivity contribution in [3.63, 3.8) is 0 Å². The normalized spacial score (nSPS) is 11.8. The molecule has 9 nitrogen and oxygen atoms in total. The van der Waals surface area contributed by atoms with Crippen molar-refractivity contribution in [2.75, 3.05) is 13.7 Å². The van der Waals surface area contributed by atoms with Gasteiger partial charge in [-0.05, 0) is 42.3 Å². The fourth-order valence-electron chi connectivity index (χ4n) is 3.38. The number of aromatic nitrogens is 1. The van der Waals surface area contributed by atoms with Gasteiger partial charge in [0.15, 0.2) is 11.5 Å². The van der Waals surface area contributed by atoms with Crippen LogP contribution in [0.5, 0.6) is 17.2 Å². The van der Waals surface area contributed by atoms with Crippen molar-refractivity contribution in [1.82, 2.24) is 4.57 Å². The van der Waals surface area contributed by atoms with Crippen molar-refractivity contribution in [1.29, 1.82) is 0 Å². The van der Waals surface area contributed by atoms with Gasteiger partial charge in [0.05, 0.1) is 19.2 Å². The number of pyridine rings is 1. The Morgan fingerprint density at radius 2 is 1.84 bits per heavy atom. The lowest BCUT2D eigenvalue weighted by Gasteiger charge is -2.23. The third-order valence-electron chi connectivity index (χ3n) is 4.75. The molecule has 0 aliphatic heterocycles. The van der Waals surface area contributed by atoms with E-state index >= 15 is 0 Å². The number of benzene rings is 2. The van der Waals surface area contributed by atoms with Gasteiger partial charge >= 0.3 is 5.97 Å². The first-order valence-electron chi connectivity index (χ1n) is 9.50. The molecule has 1 heterocycles. The van der Waals surface area contributed by atoms with Crippen LogP contribution in [0.2, 0.25) is 0 Å². The average molecular weight is 426 g/mol. The number of phenolic OH excluding ortho intramolecular Hbond substituents is 1. The van der Waals surface area contributed by atoms with Crippen molar-refractivity contribution in [2.24, 2.45) is 5.73 Å². The number of hydrogen-bond donors (Lipinski definition) is 3. The molecule has 0 aliphatic rings. The Labute approximate surface area is 177 Å². The molecule has 0 spiro atoms. The number of carboxylic acids is 1. The van der Waals surface area contributed by atoms with Gasteiger partial charge in [0, 0.05) is 5.39 Å². The fraction of sp³-hybridized carbons (Fsp3) is 0.227. The highest BCUT2D eigenvalue weighted by atomic mass is 16.5. The average Bonchev–Trinajstić information content (AvgIpc) is 2.74. The highest BCUT2D eigenvalue weighted by molar-refractivity contribution is 5.97. The minimum Gasteiger partial charge on any atom is -0.508 e. The number of aromatic carboxylic acids is 1. The van der Waals surface area contributed by atoms with Gasteiger partial charge < -0.3 is 25.4 Å². The number of hydrogen-bond acceptors (Lipinski definition) is 6. The number of carbonyl (C=O) groups is 2. The number of carbonyl (C=O) groups excluding carboxylic acids is 1. The fourth-order valence-corrected chi connectivity index (χ4v) is 3.38. The smallest absolute Gasteiger partial charge is 0.341 e. The molecule has 1 aromatic heterocycles. The summed E-state index contributed by atoms with van der Waals surface area (Å²) in [6.07, 6.45) is 0.661. The van der Waals surface area contributed by atoms with Crippen LogP contribution in [0.3, 0.4) is 0 Å². The number of nitrogens with two attached hydrogens (primary N) is 1. The zero-order valence-electron chi connectivity index (χ0n) is 17.0. The first-order chi connectivity index (χ1) is 14.8. The number of phenols is 1. The number of amides is 1. The molecule has 3 rings (SSSR count). The number of primary amides is 1. The van der Waals surface area contributed by atoms with E-state index in [9.17, 15) is 24.6 Å². The molecule has 1 atom stereocenters. The van der Waals surface area contributed by atoms with Crippen LogP contribution < -0.4 is 20.8 Å². The van der Waals surface area contributed by atoms with Crippen LogP contribution in [0, 0.1) is 0 Å². The molecular formula is C22H22N2O7. The summed E-state index contributed by atoms with van der Waals surface area (Å²) >= 11 is 0. The van der Waals surface area contributed by atoms with Crippen molar-refractivity contribution in [3.05, 3.63) is 63.9 Å². The summed E-state index contributed by atoms with van der Waals surface area (Å²) in [4.78, 5) is 37.5. The SMILES string of the molecule is CCCOc1c(OC)ccc2cc(C(=O)O)c(=O)n(C(C(N)=O)c3ccc(O)cc3)c12. The van der Waals surface area contributed by atoms with Gasteiger partial charge in [-0.2, -0.15) is 0 Å². The molecule has 1 amide bonds. The van der Waals surface area contributed by atoms with E-state index in [0.717, 1.165) is 4.57 Å². The van der Waals surface area contributed by atoms with Gasteiger partial charge in [-0.25, -0.2) is 4.79 Å². The van der Waals surface area contributed by atoms with Crippen LogP contribution in [-0.4, -0.2) is 40.4 Å². The zero-order chi connectivity index (χ0) is 22.7. The van der Waals surface area contributed by atoms with Gasteiger partial charge in [0.25, 0.3) is 5.56 Å². The molecule has 0 aliphatic carbocycles. The predicted octanol–water partition coefficient (Wildman–Crippen LogP) is 2.28. The summed E-state index contributed by atoms with van der Waals surface area (Å²) < 4.78 is 12.2. The Morgan fingerprint density at radius 1 is 1.16 bits per heavy atom. The molecule has 9 heteroatoms. The van der Waals surface area contributed by atoms with E-state index in [2.05, 4.69) is 0 Å². The third kappa shape index (κ3) is 4.02. The van der Waals surface area contributed by atoms with E-state index in [1.165, 1.54) is 37.4 Å². The van der Waals surface area contributed by atoms with Gasteiger partial charge in [-0.3, -0.25) is 14.2 Å². The van der Waals surface area contributed by atoms with Gasteiger partial charge in [-0.1, -0.05) is 19.1 Å². The van der Waals surface area contributed by atoms with Gasteiger partial charge in [0.1, 0.15) is 17.4 Å².